The minimum Gasteiger partial charge on any atom is -0.480 e. The lowest BCUT2D eigenvalue weighted by molar-refractivity contribution is -0.142. The molecule has 7 nitrogen and oxygen atoms in total. The molecule has 0 radical (unpaired) electrons. The Hall–Kier alpha value is -2.41. The molecule has 0 aromatic heterocycles. The van der Waals surface area contributed by atoms with Gasteiger partial charge in [0.15, 0.2) is 0 Å². The van der Waals surface area contributed by atoms with Gasteiger partial charge >= 0.3 is 5.97 Å². The molecule has 1 aromatic carbocycles. The van der Waals surface area contributed by atoms with Crippen molar-refractivity contribution in [2.24, 2.45) is 11.7 Å². The molecule has 1 aromatic rings. The third kappa shape index (κ3) is 6.78. The second kappa shape index (κ2) is 9.67. The highest BCUT2D eigenvalue weighted by Gasteiger charge is 2.27. The van der Waals surface area contributed by atoms with Crippen molar-refractivity contribution < 1.29 is 19.5 Å². The van der Waals surface area contributed by atoms with Gasteiger partial charge in [-0.2, -0.15) is 0 Å². The number of carboxylic acid groups (broad SMARTS) is 1. The van der Waals surface area contributed by atoms with Gasteiger partial charge in [0.25, 0.3) is 0 Å². The zero-order valence-electron chi connectivity index (χ0n) is 14.0. The van der Waals surface area contributed by atoms with Gasteiger partial charge in [-0.1, -0.05) is 44.2 Å². The van der Waals surface area contributed by atoms with Crippen LogP contribution in [-0.2, 0) is 20.8 Å². The van der Waals surface area contributed by atoms with Crippen molar-refractivity contribution in [3.63, 3.8) is 0 Å². The summed E-state index contributed by atoms with van der Waals surface area (Å²) in [6.45, 7) is 3.59. The number of hydrogen-bond acceptors (Lipinski definition) is 4. The Balaban J connectivity index is 2.79. The van der Waals surface area contributed by atoms with E-state index in [9.17, 15) is 19.5 Å². The Morgan fingerprint density at radius 1 is 1.08 bits per heavy atom. The maximum atomic E-state index is 12.4. The molecule has 2 atom stereocenters. The Morgan fingerprint density at radius 3 is 2.21 bits per heavy atom. The highest BCUT2D eigenvalue weighted by Crippen LogP contribution is 2.07. The number of carboxylic acids is 1. The Bertz CT molecular complexity index is 560. The van der Waals surface area contributed by atoms with Gasteiger partial charge in [-0.05, 0) is 17.9 Å². The topological polar surface area (TPSA) is 122 Å². The van der Waals surface area contributed by atoms with Crippen LogP contribution < -0.4 is 16.4 Å². The van der Waals surface area contributed by atoms with Gasteiger partial charge in [0, 0.05) is 6.42 Å². The van der Waals surface area contributed by atoms with E-state index in [1.54, 1.807) is 24.3 Å². The maximum Gasteiger partial charge on any atom is 0.326 e. The number of benzene rings is 1. The van der Waals surface area contributed by atoms with Gasteiger partial charge in [0.1, 0.15) is 12.1 Å². The zero-order chi connectivity index (χ0) is 18.1. The standard InChI is InChI=1S/C17H25N3O4/c1-11(2)8-13(19-15(21)10-18)16(22)20-14(17(23)24)9-12-6-4-3-5-7-12/h3-7,11,13-14H,8-10,18H2,1-2H3,(H,19,21)(H,20,22)(H,23,24)/t13-,14-/m0/s1. The average molecular weight is 335 g/mol. The minimum absolute atomic E-state index is 0.149. The number of nitrogens with two attached hydrogens (primary N) is 1. The van der Waals surface area contributed by atoms with Crippen LogP contribution in [-0.4, -0.2) is 41.5 Å². The molecule has 0 heterocycles. The van der Waals surface area contributed by atoms with Gasteiger partial charge < -0.3 is 21.5 Å². The van der Waals surface area contributed by atoms with Crippen molar-refractivity contribution in [3.8, 4) is 0 Å². The second-order valence-corrected chi connectivity index (χ2v) is 6.04. The van der Waals surface area contributed by atoms with Crippen molar-refractivity contribution in [2.75, 3.05) is 6.54 Å². The lowest BCUT2D eigenvalue weighted by atomic mass is 10.0. The van der Waals surface area contributed by atoms with Crippen LogP contribution in [0, 0.1) is 5.92 Å². The lowest BCUT2D eigenvalue weighted by Crippen LogP contribution is -2.53. The van der Waals surface area contributed by atoms with E-state index < -0.39 is 29.9 Å². The normalized spacial score (nSPS) is 13.2. The molecule has 0 saturated carbocycles. The van der Waals surface area contributed by atoms with Crippen molar-refractivity contribution >= 4 is 17.8 Å². The number of amides is 2. The largest absolute Gasteiger partial charge is 0.480 e. The van der Waals surface area contributed by atoms with Gasteiger partial charge in [-0.15, -0.1) is 0 Å². The Morgan fingerprint density at radius 2 is 1.71 bits per heavy atom. The molecular weight excluding hydrogens is 310 g/mol. The third-order valence-corrected chi connectivity index (χ3v) is 3.44. The molecule has 0 saturated heterocycles. The summed E-state index contributed by atoms with van der Waals surface area (Å²) in [4.78, 5) is 35.3. The number of carbonyl (C=O) groups is 3. The van der Waals surface area contributed by atoms with Crippen molar-refractivity contribution in [3.05, 3.63) is 35.9 Å². The SMILES string of the molecule is CC(C)C[C@H](NC(=O)CN)C(=O)N[C@@H](Cc1ccccc1)C(=O)O. The van der Waals surface area contributed by atoms with E-state index >= 15 is 0 Å². The van der Waals surface area contributed by atoms with Gasteiger partial charge in [-0.3, -0.25) is 9.59 Å². The molecule has 24 heavy (non-hydrogen) atoms. The first-order chi connectivity index (χ1) is 11.3. The van der Waals surface area contributed by atoms with Crippen LogP contribution in [0.25, 0.3) is 0 Å². The summed E-state index contributed by atoms with van der Waals surface area (Å²) in [6, 6.07) is 7.16. The Kier molecular flexibility index (Phi) is 7.91. The van der Waals surface area contributed by atoms with Crippen LogP contribution >= 0.6 is 0 Å². The van der Waals surface area contributed by atoms with Crippen LogP contribution in [0.15, 0.2) is 30.3 Å². The first-order valence-corrected chi connectivity index (χ1v) is 7.90. The van der Waals surface area contributed by atoms with E-state index in [2.05, 4.69) is 10.6 Å². The van der Waals surface area contributed by atoms with E-state index in [-0.39, 0.29) is 18.9 Å². The minimum atomic E-state index is -1.12. The molecule has 1 rings (SSSR count). The average Bonchev–Trinajstić information content (AvgIpc) is 2.53. The van der Waals surface area contributed by atoms with Gasteiger partial charge in [0.05, 0.1) is 6.54 Å². The maximum absolute atomic E-state index is 12.4. The highest BCUT2D eigenvalue weighted by molar-refractivity contribution is 5.90. The predicted octanol–water partition coefficient (Wildman–Crippen LogP) is 0.288. The molecule has 0 unspecified atom stereocenters. The van der Waals surface area contributed by atoms with Crippen LogP contribution in [0.4, 0.5) is 0 Å². The summed E-state index contributed by atoms with van der Waals surface area (Å²) in [5, 5.41) is 14.4. The number of nitrogens with one attached hydrogen (secondary N) is 2. The molecule has 0 aliphatic rings. The summed E-state index contributed by atoms with van der Waals surface area (Å²) in [5.41, 5.74) is 6.07. The molecule has 7 heteroatoms. The summed E-state index contributed by atoms with van der Waals surface area (Å²) in [7, 11) is 0. The molecule has 0 fully saturated rings. The van der Waals surface area contributed by atoms with E-state index in [0.717, 1.165) is 5.56 Å². The van der Waals surface area contributed by atoms with Gasteiger partial charge in [0.2, 0.25) is 11.8 Å². The third-order valence-electron chi connectivity index (χ3n) is 3.44. The highest BCUT2D eigenvalue weighted by atomic mass is 16.4. The molecule has 132 valence electrons. The fourth-order valence-corrected chi connectivity index (χ4v) is 2.28. The molecule has 0 bridgehead atoms. The number of rotatable bonds is 9. The molecule has 5 N–H and O–H groups in total. The van der Waals surface area contributed by atoms with Crippen molar-refractivity contribution in [2.45, 2.75) is 38.8 Å². The van der Waals surface area contributed by atoms with E-state index in [0.29, 0.717) is 6.42 Å². The zero-order valence-corrected chi connectivity index (χ0v) is 14.0. The summed E-state index contributed by atoms with van der Waals surface area (Å²) in [5.74, 6) is -1.95. The summed E-state index contributed by atoms with van der Waals surface area (Å²) < 4.78 is 0. The number of carbonyl (C=O) groups excluding carboxylic acids is 2. The lowest BCUT2D eigenvalue weighted by Gasteiger charge is -2.22. The van der Waals surface area contributed by atoms with Gasteiger partial charge in [-0.25, -0.2) is 4.79 Å². The monoisotopic (exact) mass is 335 g/mol. The number of aliphatic carboxylic acids is 1. The smallest absolute Gasteiger partial charge is 0.326 e. The van der Waals surface area contributed by atoms with E-state index in [1.807, 2.05) is 19.9 Å². The van der Waals surface area contributed by atoms with Crippen LogP contribution in [0.5, 0.6) is 0 Å². The molecular formula is C17H25N3O4. The van der Waals surface area contributed by atoms with E-state index in [1.165, 1.54) is 0 Å². The van der Waals surface area contributed by atoms with Crippen LogP contribution in [0.2, 0.25) is 0 Å². The quantitative estimate of drug-likeness (QED) is 0.517. The first kappa shape index (κ1) is 19.6. The number of hydrogen-bond donors (Lipinski definition) is 4. The van der Waals surface area contributed by atoms with Crippen molar-refractivity contribution in [1.82, 2.24) is 10.6 Å². The summed E-state index contributed by atoms with van der Waals surface area (Å²) in [6.07, 6.45) is 0.566. The van der Waals surface area contributed by atoms with Crippen LogP contribution in [0.3, 0.4) is 0 Å². The molecule has 0 aliphatic heterocycles. The Labute approximate surface area is 141 Å². The molecule has 0 aliphatic carbocycles. The fraction of sp³-hybridized carbons (Fsp3) is 0.471. The molecule has 2 amide bonds. The second-order valence-electron chi connectivity index (χ2n) is 6.04. The van der Waals surface area contributed by atoms with Crippen LogP contribution in [0.1, 0.15) is 25.8 Å². The predicted molar refractivity (Wildman–Crippen MR) is 90.2 cm³/mol. The van der Waals surface area contributed by atoms with Crippen molar-refractivity contribution in [1.29, 1.82) is 0 Å². The summed E-state index contributed by atoms with van der Waals surface area (Å²) >= 11 is 0. The molecule has 0 spiro atoms. The fourth-order valence-electron chi connectivity index (χ4n) is 2.28. The van der Waals surface area contributed by atoms with E-state index in [4.69, 9.17) is 5.73 Å². The first-order valence-electron chi connectivity index (χ1n) is 7.90.